The number of benzene rings is 1. The van der Waals surface area contributed by atoms with Gasteiger partial charge in [0.2, 0.25) is 5.95 Å². The molecule has 2 N–H and O–H groups in total. The predicted octanol–water partition coefficient (Wildman–Crippen LogP) is 2.14. The van der Waals surface area contributed by atoms with Crippen LogP contribution in [0.25, 0.3) is 0 Å². The number of anilines is 1. The maximum absolute atomic E-state index is 11.9. The molecule has 3 rings (SSSR count). The van der Waals surface area contributed by atoms with Crippen LogP contribution in [0.1, 0.15) is 12.0 Å². The molecule has 27 heavy (non-hydrogen) atoms. The molecule has 0 aliphatic carbocycles. The Hall–Kier alpha value is -2.38. The van der Waals surface area contributed by atoms with Gasteiger partial charge in [-0.15, -0.1) is 0 Å². The Kier molecular flexibility index (Phi) is 7.24. The lowest BCUT2D eigenvalue weighted by Crippen LogP contribution is -2.47. The third-order valence-corrected chi connectivity index (χ3v) is 4.76. The third kappa shape index (κ3) is 6.37. The molecule has 0 atom stereocenters. The van der Waals surface area contributed by atoms with Gasteiger partial charge in [0.15, 0.2) is 0 Å². The van der Waals surface area contributed by atoms with Crippen molar-refractivity contribution in [3.05, 3.63) is 53.3 Å². The molecular formula is C19H25ClN6O. The van der Waals surface area contributed by atoms with E-state index in [1.165, 1.54) is 0 Å². The number of nitrogens with one attached hydrogen (secondary N) is 2. The summed E-state index contributed by atoms with van der Waals surface area (Å²) in [5, 5.41) is 6.45. The molecule has 1 aromatic carbocycles. The van der Waals surface area contributed by atoms with Gasteiger partial charge in [0.05, 0.1) is 0 Å². The van der Waals surface area contributed by atoms with Crippen LogP contribution in [-0.4, -0.2) is 60.2 Å². The van der Waals surface area contributed by atoms with E-state index in [1.807, 2.05) is 30.3 Å². The molecule has 1 aromatic heterocycles. The summed E-state index contributed by atoms with van der Waals surface area (Å²) in [6, 6.07) is 9.14. The van der Waals surface area contributed by atoms with Crippen molar-refractivity contribution in [2.24, 2.45) is 0 Å². The van der Waals surface area contributed by atoms with Crippen LogP contribution in [0, 0.1) is 0 Å². The second-order valence-corrected chi connectivity index (χ2v) is 6.90. The van der Waals surface area contributed by atoms with E-state index in [1.54, 1.807) is 12.4 Å². The number of nitrogens with zero attached hydrogens (tertiary/aromatic N) is 4. The maximum Gasteiger partial charge on any atom is 0.315 e. The number of halogens is 1. The quantitative estimate of drug-likeness (QED) is 0.711. The summed E-state index contributed by atoms with van der Waals surface area (Å²) in [6.07, 6.45) is 4.48. The van der Waals surface area contributed by atoms with E-state index in [9.17, 15) is 4.79 Å². The number of rotatable bonds is 7. The van der Waals surface area contributed by atoms with Gasteiger partial charge < -0.3 is 15.5 Å². The summed E-state index contributed by atoms with van der Waals surface area (Å²) in [5.74, 6) is 0.802. The zero-order chi connectivity index (χ0) is 18.9. The highest BCUT2D eigenvalue weighted by Gasteiger charge is 2.18. The van der Waals surface area contributed by atoms with Crippen molar-refractivity contribution in [2.45, 2.75) is 13.0 Å². The lowest BCUT2D eigenvalue weighted by atomic mass is 10.2. The first kappa shape index (κ1) is 19.4. The number of aromatic nitrogens is 2. The first-order chi connectivity index (χ1) is 13.2. The SMILES string of the molecule is O=C(NCCCN1CCN(c2ncccn2)CC1)NCc1ccc(Cl)cc1. The van der Waals surface area contributed by atoms with Crippen molar-refractivity contribution in [3.8, 4) is 0 Å². The molecule has 8 heteroatoms. The van der Waals surface area contributed by atoms with Crippen LogP contribution >= 0.6 is 11.6 Å². The molecule has 0 spiro atoms. The van der Waals surface area contributed by atoms with Gasteiger partial charge in [0, 0.05) is 56.7 Å². The molecule has 7 nitrogen and oxygen atoms in total. The second-order valence-electron chi connectivity index (χ2n) is 6.47. The zero-order valence-electron chi connectivity index (χ0n) is 15.3. The first-order valence-electron chi connectivity index (χ1n) is 9.21. The summed E-state index contributed by atoms with van der Waals surface area (Å²) in [6.45, 7) is 5.96. The summed E-state index contributed by atoms with van der Waals surface area (Å²) in [7, 11) is 0. The average Bonchev–Trinajstić information content (AvgIpc) is 2.72. The number of carbonyl (C=O) groups excluding carboxylic acids is 1. The molecule has 0 saturated carbocycles. The first-order valence-corrected chi connectivity index (χ1v) is 9.59. The lowest BCUT2D eigenvalue weighted by Gasteiger charge is -2.34. The van der Waals surface area contributed by atoms with E-state index in [0.29, 0.717) is 18.1 Å². The van der Waals surface area contributed by atoms with Gasteiger partial charge in [0.25, 0.3) is 0 Å². The van der Waals surface area contributed by atoms with Crippen LogP contribution in [0.4, 0.5) is 10.7 Å². The second kappa shape index (κ2) is 10.1. The minimum absolute atomic E-state index is 0.143. The smallest absolute Gasteiger partial charge is 0.315 e. The van der Waals surface area contributed by atoms with Gasteiger partial charge in [-0.2, -0.15) is 0 Å². The van der Waals surface area contributed by atoms with Gasteiger partial charge in [-0.05, 0) is 36.7 Å². The molecule has 1 aliphatic heterocycles. The zero-order valence-corrected chi connectivity index (χ0v) is 16.0. The van der Waals surface area contributed by atoms with Crippen molar-refractivity contribution < 1.29 is 4.79 Å². The number of hydrogen-bond acceptors (Lipinski definition) is 5. The molecule has 2 amide bonds. The van der Waals surface area contributed by atoms with Gasteiger partial charge in [0.1, 0.15) is 0 Å². The topological polar surface area (TPSA) is 73.4 Å². The number of piperazine rings is 1. The lowest BCUT2D eigenvalue weighted by molar-refractivity contribution is 0.235. The van der Waals surface area contributed by atoms with Crippen LogP contribution in [0.2, 0.25) is 5.02 Å². The Bertz CT molecular complexity index is 704. The van der Waals surface area contributed by atoms with Crippen LogP contribution in [0.5, 0.6) is 0 Å². The monoisotopic (exact) mass is 388 g/mol. The van der Waals surface area contributed by atoms with E-state index in [0.717, 1.165) is 50.7 Å². The molecule has 1 fully saturated rings. The Morgan fingerprint density at radius 2 is 1.74 bits per heavy atom. The van der Waals surface area contributed by atoms with Gasteiger partial charge >= 0.3 is 6.03 Å². The summed E-state index contributed by atoms with van der Waals surface area (Å²) in [5.41, 5.74) is 1.02. The highest BCUT2D eigenvalue weighted by Crippen LogP contribution is 2.10. The van der Waals surface area contributed by atoms with Crippen LogP contribution in [0.3, 0.4) is 0 Å². The molecule has 2 heterocycles. The van der Waals surface area contributed by atoms with E-state index in [4.69, 9.17) is 11.6 Å². The summed E-state index contributed by atoms with van der Waals surface area (Å²) < 4.78 is 0. The van der Waals surface area contributed by atoms with Crippen molar-refractivity contribution in [1.29, 1.82) is 0 Å². The van der Waals surface area contributed by atoms with Crippen molar-refractivity contribution in [3.63, 3.8) is 0 Å². The standard InChI is InChI=1S/C19H25ClN6O/c20-17-5-3-16(4-6-17)15-24-19(27)23-9-2-10-25-11-13-26(14-12-25)18-21-7-1-8-22-18/h1,3-8H,2,9-15H2,(H2,23,24,27). The van der Waals surface area contributed by atoms with Crippen LogP contribution < -0.4 is 15.5 Å². The summed E-state index contributed by atoms with van der Waals surface area (Å²) >= 11 is 5.85. The maximum atomic E-state index is 11.9. The Morgan fingerprint density at radius 3 is 2.44 bits per heavy atom. The molecular weight excluding hydrogens is 364 g/mol. The Morgan fingerprint density at radius 1 is 1.04 bits per heavy atom. The third-order valence-electron chi connectivity index (χ3n) is 4.51. The van der Waals surface area contributed by atoms with E-state index in [2.05, 4.69) is 30.4 Å². The fourth-order valence-electron chi connectivity index (χ4n) is 2.98. The fourth-order valence-corrected chi connectivity index (χ4v) is 3.10. The van der Waals surface area contributed by atoms with Crippen LogP contribution in [0.15, 0.2) is 42.7 Å². The molecule has 1 aliphatic rings. The molecule has 1 saturated heterocycles. The Balaban J connectivity index is 1.26. The van der Waals surface area contributed by atoms with E-state index in [-0.39, 0.29) is 6.03 Å². The minimum atomic E-state index is -0.143. The molecule has 144 valence electrons. The Labute approximate surface area is 164 Å². The fraction of sp³-hybridized carbons (Fsp3) is 0.421. The number of carbonyl (C=O) groups is 1. The number of amides is 2. The molecule has 0 unspecified atom stereocenters. The summed E-state index contributed by atoms with van der Waals surface area (Å²) in [4.78, 5) is 25.1. The predicted molar refractivity (Wildman–Crippen MR) is 107 cm³/mol. The van der Waals surface area contributed by atoms with Crippen molar-refractivity contribution in [2.75, 3.05) is 44.2 Å². The van der Waals surface area contributed by atoms with Gasteiger partial charge in [-0.3, -0.25) is 4.90 Å². The van der Waals surface area contributed by atoms with Crippen molar-refractivity contribution in [1.82, 2.24) is 25.5 Å². The van der Waals surface area contributed by atoms with Gasteiger partial charge in [-0.1, -0.05) is 23.7 Å². The van der Waals surface area contributed by atoms with Crippen molar-refractivity contribution >= 4 is 23.6 Å². The van der Waals surface area contributed by atoms with Gasteiger partial charge in [-0.25, -0.2) is 14.8 Å². The van der Waals surface area contributed by atoms with Crippen LogP contribution in [-0.2, 0) is 6.54 Å². The highest BCUT2D eigenvalue weighted by molar-refractivity contribution is 6.30. The minimum Gasteiger partial charge on any atom is -0.338 e. The van der Waals surface area contributed by atoms with E-state index >= 15 is 0 Å². The highest BCUT2D eigenvalue weighted by atomic mass is 35.5. The number of urea groups is 1. The number of hydrogen-bond donors (Lipinski definition) is 2. The average molecular weight is 389 g/mol. The normalized spacial score (nSPS) is 14.8. The largest absolute Gasteiger partial charge is 0.338 e. The molecule has 2 aromatic rings. The molecule has 0 bridgehead atoms. The van der Waals surface area contributed by atoms with E-state index < -0.39 is 0 Å². The molecule has 0 radical (unpaired) electrons.